The summed E-state index contributed by atoms with van der Waals surface area (Å²) in [6.07, 6.45) is 3.33. The summed E-state index contributed by atoms with van der Waals surface area (Å²) in [4.78, 5) is 16.3. The lowest BCUT2D eigenvalue weighted by atomic mass is 10.1. The first kappa shape index (κ1) is 11.5. The van der Waals surface area contributed by atoms with Gasteiger partial charge in [-0.25, -0.2) is 4.98 Å². The van der Waals surface area contributed by atoms with Crippen LogP contribution in [0.2, 0.25) is 0 Å². The number of aryl methyl sites for hydroxylation is 1. The van der Waals surface area contributed by atoms with Crippen LogP contribution in [0, 0.1) is 6.92 Å². The molecule has 2 aromatic rings. The van der Waals surface area contributed by atoms with Crippen LogP contribution in [-0.2, 0) is 11.5 Å². The second-order valence-corrected chi connectivity index (χ2v) is 3.84. The first-order valence-electron chi connectivity index (χ1n) is 5.34. The van der Waals surface area contributed by atoms with Crippen molar-refractivity contribution >= 4 is 5.78 Å². The number of benzene rings is 1. The van der Waals surface area contributed by atoms with E-state index in [1.807, 2.05) is 25.1 Å². The van der Waals surface area contributed by atoms with E-state index in [2.05, 4.69) is 4.98 Å². The van der Waals surface area contributed by atoms with Gasteiger partial charge in [0.25, 0.3) is 0 Å². The van der Waals surface area contributed by atoms with Crippen molar-refractivity contribution in [3.63, 3.8) is 0 Å². The van der Waals surface area contributed by atoms with Gasteiger partial charge in [0.1, 0.15) is 6.73 Å². The molecule has 1 aromatic carbocycles. The number of nitrogens with zero attached hydrogens (tertiary/aromatic N) is 2. The van der Waals surface area contributed by atoms with Crippen LogP contribution in [0.5, 0.6) is 0 Å². The largest absolute Gasteiger partial charge is 0.364 e. The van der Waals surface area contributed by atoms with Crippen LogP contribution in [0.3, 0.4) is 0 Å². The second-order valence-electron chi connectivity index (χ2n) is 3.84. The minimum atomic E-state index is -0.0873. The highest BCUT2D eigenvalue weighted by Gasteiger charge is 2.14. The van der Waals surface area contributed by atoms with Crippen LogP contribution in [0.15, 0.2) is 36.7 Å². The molecule has 0 N–H and O–H groups in total. The van der Waals surface area contributed by atoms with E-state index in [0.717, 1.165) is 5.56 Å². The Morgan fingerprint density at radius 3 is 3.00 bits per heavy atom. The summed E-state index contributed by atoms with van der Waals surface area (Å²) < 4.78 is 6.69. The fraction of sp³-hybridized carbons (Fsp3) is 0.231. The third-order valence-corrected chi connectivity index (χ3v) is 2.47. The molecule has 1 aromatic heterocycles. The van der Waals surface area contributed by atoms with Crippen molar-refractivity contribution in [3.8, 4) is 0 Å². The first-order chi connectivity index (χ1) is 8.22. The molecule has 0 amide bonds. The lowest BCUT2D eigenvalue weighted by Gasteiger charge is -2.05. The van der Waals surface area contributed by atoms with Crippen molar-refractivity contribution in [1.82, 2.24) is 9.55 Å². The van der Waals surface area contributed by atoms with E-state index >= 15 is 0 Å². The van der Waals surface area contributed by atoms with Crippen molar-refractivity contribution in [3.05, 3.63) is 53.6 Å². The van der Waals surface area contributed by atoms with Crippen LogP contribution in [0.1, 0.15) is 21.7 Å². The summed E-state index contributed by atoms with van der Waals surface area (Å²) in [6.45, 7) is 2.28. The molecule has 88 valence electrons. The van der Waals surface area contributed by atoms with Gasteiger partial charge in [0.05, 0.1) is 0 Å². The summed E-state index contributed by atoms with van der Waals surface area (Å²) in [5, 5.41) is 0. The lowest BCUT2D eigenvalue weighted by Crippen LogP contribution is -2.12. The summed E-state index contributed by atoms with van der Waals surface area (Å²) in [5.74, 6) is 0.313. The predicted molar refractivity (Wildman–Crippen MR) is 63.8 cm³/mol. The van der Waals surface area contributed by atoms with E-state index in [-0.39, 0.29) is 5.78 Å². The maximum Gasteiger partial charge on any atom is 0.228 e. The molecule has 0 bridgehead atoms. The average molecular weight is 230 g/mol. The minimum absolute atomic E-state index is 0.0873. The number of hydrogen-bond donors (Lipinski definition) is 0. The summed E-state index contributed by atoms with van der Waals surface area (Å²) in [7, 11) is 1.58. The van der Waals surface area contributed by atoms with Gasteiger partial charge in [-0.2, -0.15) is 0 Å². The number of imidazole rings is 1. The Labute approximate surface area is 99.9 Å². The molecule has 0 fully saturated rings. The molecule has 0 atom stereocenters. The Balaban J connectivity index is 2.33. The molecule has 0 radical (unpaired) electrons. The van der Waals surface area contributed by atoms with E-state index < -0.39 is 0 Å². The number of rotatable bonds is 4. The molecule has 2 rings (SSSR count). The number of ether oxygens (including phenoxy) is 1. The van der Waals surface area contributed by atoms with Crippen LogP contribution in [0.25, 0.3) is 0 Å². The second kappa shape index (κ2) is 4.93. The summed E-state index contributed by atoms with van der Waals surface area (Å²) in [6, 6.07) is 7.47. The van der Waals surface area contributed by atoms with Crippen molar-refractivity contribution in [2.75, 3.05) is 7.11 Å². The van der Waals surface area contributed by atoms with Crippen molar-refractivity contribution in [1.29, 1.82) is 0 Å². The third-order valence-electron chi connectivity index (χ3n) is 2.47. The molecular formula is C13H14N2O2. The normalized spacial score (nSPS) is 10.5. The SMILES string of the molecule is COCn1ccnc1C(=O)c1cccc(C)c1. The van der Waals surface area contributed by atoms with Gasteiger partial charge in [-0.3, -0.25) is 4.79 Å². The zero-order valence-electron chi connectivity index (χ0n) is 9.88. The molecule has 4 heteroatoms. The van der Waals surface area contributed by atoms with Gasteiger partial charge in [0.2, 0.25) is 5.78 Å². The summed E-state index contributed by atoms with van der Waals surface area (Å²) in [5.41, 5.74) is 1.70. The van der Waals surface area contributed by atoms with Crippen LogP contribution < -0.4 is 0 Å². The number of carbonyl (C=O) groups is 1. The number of carbonyl (C=O) groups excluding carboxylic acids is 1. The van der Waals surface area contributed by atoms with Crippen LogP contribution >= 0.6 is 0 Å². The zero-order chi connectivity index (χ0) is 12.3. The standard InChI is InChI=1S/C13H14N2O2/c1-10-4-3-5-11(8-10)12(16)13-14-6-7-15(13)9-17-2/h3-8H,9H2,1-2H3. The maximum absolute atomic E-state index is 12.2. The number of ketones is 1. The van der Waals surface area contributed by atoms with E-state index in [1.165, 1.54) is 0 Å². The molecule has 17 heavy (non-hydrogen) atoms. The van der Waals surface area contributed by atoms with Gasteiger partial charge >= 0.3 is 0 Å². The Morgan fingerprint density at radius 1 is 1.47 bits per heavy atom. The lowest BCUT2D eigenvalue weighted by molar-refractivity contribution is 0.0982. The van der Waals surface area contributed by atoms with Gasteiger partial charge in [-0.15, -0.1) is 0 Å². The highest BCUT2D eigenvalue weighted by Crippen LogP contribution is 2.10. The Morgan fingerprint density at radius 2 is 2.29 bits per heavy atom. The van der Waals surface area contributed by atoms with E-state index in [4.69, 9.17) is 4.74 Å². The van der Waals surface area contributed by atoms with Crippen LogP contribution in [-0.4, -0.2) is 22.4 Å². The maximum atomic E-state index is 12.2. The van der Waals surface area contributed by atoms with Crippen molar-refractivity contribution < 1.29 is 9.53 Å². The Bertz CT molecular complexity index is 532. The van der Waals surface area contributed by atoms with Gasteiger partial charge in [0.15, 0.2) is 5.82 Å². The first-order valence-corrected chi connectivity index (χ1v) is 5.34. The molecule has 0 saturated heterocycles. The van der Waals surface area contributed by atoms with Gasteiger partial charge in [-0.1, -0.05) is 23.8 Å². The highest BCUT2D eigenvalue weighted by atomic mass is 16.5. The monoisotopic (exact) mass is 230 g/mol. The smallest absolute Gasteiger partial charge is 0.228 e. The molecule has 0 spiro atoms. The van der Waals surface area contributed by atoms with Gasteiger partial charge < -0.3 is 9.30 Å². The molecule has 0 unspecified atom stereocenters. The molecular weight excluding hydrogens is 216 g/mol. The van der Waals surface area contributed by atoms with Gasteiger partial charge in [-0.05, 0) is 13.0 Å². The fourth-order valence-electron chi connectivity index (χ4n) is 1.68. The zero-order valence-corrected chi connectivity index (χ0v) is 9.88. The van der Waals surface area contributed by atoms with Crippen LogP contribution in [0.4, 0.5) is 0 Å². The fourth-order valence-corrected chi connectivity index (χ4v) is 1.68. The number of methoxy groups -OCH3 is 1. The predicted octanol–water partition coefficient (Wildman–Crippen LogP) is 2.03. The molecule has 0 aliphatic rings. The minimum Gasteiger partial charge on any atom is -0.364 e. The highest BCUT2D eigenvalue weighted by molar-refractivity contribution is 6.06. The van der Waals surface area contributed by atoms with E-state index in [9.17, 15) is 4.79 Å². The average Bonchev–Trinajstić information content (AvgIpc) is 2.77. The third kappa shape index (κ3) is 2.42. The topological polar surface area (TPSA) is 44.1 Å². The van der Waals surface area contributed by atoms with Crippen molar-refractivity contribution in [2.45, 2.75) is 13.7 Å². The number of hydrogen-bond acceptors (Lipinski definition) is 3. The van der Waals surface area contributed by atoms with E-state index in [0.29, 0.717) is 18.1 Å². The molecule has 4 nitrogen and oxygen atoms in total. The Kier molecular flexibility index (Phi) is 3.35. The summed E-state index contributed by atoms with van der Waals surface area (Å²) >= 11 is 0. The molecule has 0 aliphatic carbocycles. The Hall–Kier alpha value is -1.94. The van der Waals surface area contributed by atoms with Crippen molar-refractivity contribution in [2.24, 2.45) is 0 Å². The molecule has 0 saturated carbocycles. The van der Waals surface area contributed by atoms with E-state index in [1.54, 1.807) is 30.1 Å². The number of aromatic nitrogens is 2. The quantitative estimate of drug-likeness (QED) is 0.755. The van der Waals surface area contributed by atoms with Gasteiger partial charge in [0, 0.05) is 25.1 Å². The molecule has 0 aliphatic heterocycles. The molecule has 1 heterocycles.